The van der Waals surface area contributed by atoms with E-state index in [0.717, 1.165) is 49.5 Å². The smallest absolute Gasteiger partial charge is 0.217 e. The van der Waals surface area contributed by atoms with E-state index >= 15 is 0 Å². The fraction of sp³-hybridized carbons (Fsp3) is 0.409. The molecule has 27 heavy (non-hydrogen) atoms. The number of amides is 1. The van der Waals surface area contributed by atoms with E-state index in [9.17, 15) is 4.79 Å². The van der Waals surface area contributed by atoms with E-state index in [2.05, 4.69) is 34.5 Å². The summed E-state index contributed by atoms with van der Waals surface area (Å²) >= 11 is 0. The van der Waals surface area contributed by atoms with E-state index in [0.29, 0.717) is 12.6 Å². The quantitative estimate of drug-likeness (QED) is 0.902. The number of nitrogens with zero attached hydrogens (tertiary/aromatic N) is 1. The number of rotatable bonds is 4. The monoisotopic (exact) mass is 366 g/mol. The van der Waals surface area contributed by atoms with Gasteiger partial charge < -0.3 is 14.8 Å². The number of hydrogen-bond donors (Lipinski definition) is 1. The maximum atomic E-state index is 11.2. The molecule has 2 aliphatic heterocycles. The zero-order chi connectivity index (χ0) is 18.6. The molecule has 0 aliphatic carbocycles. The Bertz CT molecular complexity index is 782. The molecule has 2 aromatic carbocycles. The first kappa shape index (κ1) is 17.9. The van der Waals surface area contributed by atoms with Crippen LogP contribution in [0, 0.1) is 0 Å². The van der Waals surface area contributed by atoms with Crippen molar-refractivity contribution in [2.75, 3.05) is 19.7 Å². The highest BCUT2D eigenvalue weighted by molar-refractivity contribution is 5.73. The molecule has 4 rings (SSSR count). The summed E-state index contributed by atoms with van der Waals surface area (Å²) in [6.07, 6.45) is 1.97. The Morgan fingerprint density at radius 2 is 1.78 bits per heavy atom. The molecule has 1 amide bonds. The molecule has 0 aromatic heterocycles. The number of ether oxygens (including phenoxy) is 2. The van der Waals surface area contributed by atoms with Gasteiger partial charge in [-0.15, -0.1) is 0 Å². The van der Waals surface area contributed by atoms with Gasteiger partial charge in [-0.05, 0) is 36.1 Å². The molecule has 1 atom stereocenters. The van der Waals surface area contributed by atoms with Crippen LogP contribution in [0.3, 0.4) is 0 Å². The van der Waals surface area contributed by atoms with Gasteiger partial charge in [-0.3, -0.25) is 9.69 Å². The van der Waals surface area contributed by atoms with Crippen molar-refractivity contribution in [3.8, 4) is 11.5 Å². The molecule has 2 aliphatic rings. The van der Waals surface area contributed by atoms with E-state index < -0.39 is 0 Å². The first-order chi connectivity index (χ1) is 13.2. The summed E-state index contributed by atoms with van der Waals surface area (Å²) in [7, 11) is 0. The number of carbonyl (C=O) groups is 1. The average Bonchev–Trinajstić information content (AvgIpc) is 2.69. The number of nitrogens with one attached hydrogen (secondary N) is 1. The van der Waals surface area contributed by atoms with Gasteiger partial charge in [-0.25, -0.2) is 0 Å². The lowest BCUT2D eigenvalue weighted by Crippen LogP contribution is -2.43. The second kappa shape index (κ2) is 8.01. The molecule has 0 spiro atoms. The van der Waals surface area contributed by atoms with E-state index in [4.69, 9.17) is 9.47 Å². The first-order valence-corrected chi connectivity index (χ1v) is 9.64. The predicted octanol–water partition coefficient (Wildman–Crippen LogP) is 3.30. The fourth-order valence-corrected chi connectivity index (χ4v) is 3.80. The van der Waals surface area contributed by atoms with Crippen LogP contribution in [-0.2, 0) is 11.3 Å². The molecule has 0 bridgehead atoms. The van der Waals surface area contributed by atoms with E-state index in [-0.39, 0.29) is 12.0 Å². The van der Waals surface area contributed by atoms with Crippen molar-refractivity contribution in [3.05, 3.63) is 59.7 Å². The zero-order valence-electron chi connectivity index (χ0n) is 15.7. The molecule has 2 aromatic rings. The van der Waals surface area contributed by atoms with Crippen molar-refractivity contribution < 1.29 is 14.3 Å². The van der Waals surface area contributed by atoms with Crippen LogP contribution in [0.25, 0.3) is 0 Å². The van der Waals surface area contributed by atoms with Gasteiger partial charge in [0.1, 0.15) is 6.61 Å². The highest BCUT2D eigenvalue weighted by Crippen LogP contribution is 2.35. The van der Waals surface area contributed by atoms with Crippen LogP contribution in [0.15, 0.2) is 48.5 Å². The summed E-state index contributed by atoms with van der Waals surface area (Å²) in [5.74, 6) is 1.69. The summed E-state index contributed by atoms with van der Waals surface area (Å²) in [6.45, 7) is 5.10. The van der Waals surface area contributed by atoms with Crippen LogP contribution < -0.4 is 14.8 Å². The Morgan fingerprint density at radius 1 is 1.07 bits per heavy atom. The van der Waals surface area contributed by atoms with E-state index in [1.807, 2.05) is 24.3 Å². The second-order valence-corrected chi connectivity index (χ2v) is 7.36. The molecule has 0 saturated carbocycles. The summed E-state index contributed by atoms with van der Waals surface area (Å²) in [5.41, 5.74) is 2.44. The molecule has 2 heterocycles. The van der Waals surface area contributed by atoms with Gasteiger partial charge in [0, 0.05) is 32.6 Å². The number of fused-ring (bicyclic) bond motifs is 1. The third-order valence-electron chi connectivity index (χ3n) is 5.26. The predicted molar refractivity (Wildman–Crippen MR) is 104 cm³/mol. The van der Waals surface area contributed by atoms with Crippen molar-refractivity contribution in [1.29, 1.82) is 0 Å². The second-order valence-electron chi connectivity index (χ2n) is 7.36. The lowest BCUT2D eigenvalue weighted by atomic mass is 10.0. The van der Waals surface area contributed by atoms with Gasteiger partial charge in [0.05, 0.1) is 0 Å². The van der Waals surface area contributed by atoms with Crippen LogP contribution in [0.4, 0.5) is 0 Å². The molecular weight excluding hydrogens is 340 g/mol. The van der Waals surface area contributed by atoms with Gasteiger partial charge in [0.25, 0.3) is 0 Å². The summed E-state index contributed by atoms with van der Waals surface area (Å²) < 4.78 is 11.9. The molecule has 1 unspecified atom stereocenters. The van der Waals surface area contributed by atoms with Crippen LogP contribution in [-0.4, -0.2) is 36.5 Å². The average molecular weight is 366 g/mol. The molecule has 1 saturated heterocycles. The summed E-state index contributed by atoms with van der Waals surface area (Å²) in [6, 6.07) is 16.8. The standard InChI is InChI=1S/C22H26N2O3/c1-16(25)23-19-10-12-24(13-11-19)14-17-6-8-18(9-7-17)22-15-26-20-4-2-3-5-21(20)27-22/h2-9,19,22H,10-15H2,1H3,(H,23,25). The van der Waals surface area contributed by atoms with Crippen molar-refractivity contribution in [2.24, 2.45) is 0 Å². The minimum absolute atomic E-state index is 0.0673. The SMILES string of the molecule is CC(=O)NC1CCN(Cc2ccc(C3COc4ccccc4O3)cc2)CC1. The number of carbonyl (C=O) groups excluding carboxylic acids is 1. The van der Waals surface area contributed by atoms with Gasteiger partial charge in [-0.1, -0.05) is 36.4 Å². The first-order valence-electron chi connectivity index (χ1n) is 9.64. The molecule has 5 heteroatoms. The van der Waals surface area contributed by atoms with Gasteiger partial charge in [-0.2, -0.15) is 0 Å². The Balaban J connectivity index is 1.32. The normalized spacial score (nSPS) is 20.3. The number of benzene rings is 2. The number of piperidine rings is 1. The lowest BCUT2D eigenvalue weighted by molar-refractivity contribution is -0.119. The lowest BCUT2D eigenvalue weighted by Gasteiger charge is -2.32. The summed E-state index contributed by atoms with van der Waals surface area (Å²) in [4.78, 5) is 13.6. The molecule has 142 valence electrons. The van der Waals surface area contributed by atoms with Crippen LogP contribution in [0.5, 0.6) is 11.5 Å². The minimum Gasteiger partial charge on any atom is -0.485 e. The van der Waals surface area contributed by atoms with Crippen molar-refractivity contribution in [3.63, 3.8) is 0 Å². The van der Waals surface area contributed by atoms with Crippen molar-refractivity contribution in [2.45, 2.75) is 38.5 Å². The highest BCUT2D eigenvalue weighted by Gasteiger charge is 2.23. The van der Waals surface area contributed by atoms with Gasteiger partial charge >= 0.3 is 0 Å². The Hall–Kier alpha value is -2.53. The Morgan fingerprint density at radius 3 is 2.48 bits per heavy atom. The van der Waals surface area contributed by atoms with Crippen LogP contribution in [0.2, 0.25) is 0 Å². The largest absolute Gasteiger partial charge is 0.485 e. The molecule has 1 fully saturated rings. The maximum Gasteiger partial charge on any atom is 0.217 e. The Kier molecular flexibility index (Phi) is 5.30. The van der Waals surface area contributed by atoms with Crippen molar-refractivity contribution >= 4 is 5.91 Å². The molecule has 0 radical (unpaired) electrons. The maximum absolute atomic E-state index is 11.2. The van der Waals surface area contributed by atoms with Gasteiger partial charge in [0.2, 0.25) is 5.91 Å². The molecule has 1 N–H and O–H groups in total. The zero-order valence-corrected chi connectivity index (χ0v) is 15.7. The number of hydrogen-bond acceptors (Lipinski definition) is 4. The van der Waals surface area contributed by atoms with E-state index in [1.54, 1.807) is 6.92 Å². The number of likely N-dealkylation sites (tertiary alicyclic amines) is 1. The van der Waals surface area contributed by atoms with E-state index in [1.165, 1.54) is 5.56 Å². The highest BCUT2D eigenvalue weighted by atomic mass is 16.6. The number of para-hydroxylation sites is 2. The minimum atomic E-state index is -0.0673. The topological polar surface area (TPSA) is 50.8 Å². The molecular formula is C22H26N2O3. The fourth-order valence-electron chi connectivity index (χ4n) is 3.80. The third-order valence-corrected chi connectivity index (χ3v) is 5.26. The van der Waals surface area contributed by atoms with Gasteiger partial charge in [0.15, 0.2) is 17.6 Å². The molecule has 5 nitrogen and oxygen atoms in total. The summed E-state index contributed by atoms with van der Waals surface area (Å²) in [5, 5.41) is 3.03. The Labute approximate surface area is 160 Å². The van der Waals surface area contributed by atoms with Crippen LogP contribution in [0.1, 0.15) is 37.0 Å². The van der Waals surface area contributed by atoms with Crippen molar-refractivity contribution in [1.82, 2.24) is 10.2 Å². The van der Waals surface area contributed by atoms with Crippen LogP contribution >= 0.6 is 0 Å². The third kappa shape index (κ3) is 4.42.